The standard InChI is InChI=1S/C13H18N2O/c1-10(16)4-2-3-5-12-8-11-9-14-7-6-13(11)15-12/h6-10,15-16H,2-5H2,1H3. The quantitative estimate of drug-likeness (QED) is 0.758. The van der Waals surface area contributed by atoms with E-state index < -0.39 is 0 Å². The highest BCUT2D eigenvalue weighted by Gasteiger charge is 2.01. The van der Waals surface area contributed by atoms with Gasteiger partial charge in [0.25, 0.3) is 0 Å². The summed E-state index contributed by atoms with van der Waals surface area (Å²) in [7, 11) is 0. The lowest BCUT2D eigenvalue weighted by atomic mass is 10.1. The van der Waals surface area contributed by atoms with Gasteiger partial charge >= 0.3 is 0 Å². The van der Waals surface area contributed by atoms with E-state index in [0.717, 1.165) is 31.2 Å². The largest absolute Gasteiger partial charge is 0.393 e. The van der Waals surface area contributed by atoms with E-state index in [9.17, 15) is 0 Å². The molecule has 0 aliphatic rings. The molecule has 0 saturated carbocycles. The Labute approximate surface area is 95.5 Å². The van der Waals surface area contributed by atoms with Crippen molar-refractivity contribution in [1.82, 2.24) is 9.97 Å². The number of H-pyrrole nitrogens is 1. The number of unbranched alkanes of at least 4 members (excludes halogenated alkanes) is 1. The van der Waals surface area contributed by atoms with Crippen molar-refractivity contribution in [2.45, 2.75) is 38.7 Å². The first-order valence-corrected chi connectivity index (χ1v) is 5.85. The van der Waals surface area contributed by atoms with Gasteiger partial charge in [-0.15, -0.1) is 0 Å². The van der Waals surface area contributed by atoms with Gasteiger partial charge in [0, 0.05) is 29.0 Å². The van der Waals surface area contributed by atoms with Crippen molar-refractivity contribution in [3.8, 4) is 0 Å². The minimum atomic E-state index is -0.174. The number of nitrogens with one attached hydrogen (secondary N) is 1. The predicted molar refractivity (Wildman–Crippen MR) is 65.3 cm³/mol. The maximum absolute atomic E-state index is 9.15. The predicted octanol–water partition coefficient (Wildman–Crippen LogP) is 2.66. The second-order valence-electron chi connectivity index (χ2n) is 4.35. The lowest BCUT2D eigenvalue weighted by molar-refractivity contribution is 0.180. The van der Waals surface area contributed by atoms with Crippen molar-refractivity contribution in [2.24, 2.45) is 0 Å². The summed E-state index contributed by atoms with van der Waals surface area (Å²) in [6, 6.07) is 4.15. The van der Waals surface area contributed by atoms with E-state index in [1.54, 1.807) is 6.20 Å². The van der Waals surface area contributed by atoms with Crippen LogP contribution in [0.4, 0.5) is 0 Å². The highest BCUT2D eigenvalue weighted by molar-refractivity contribution is 5.79. The SMILES string of the molecule is CC(O)CCCCc1cc2cnccc2[nH]1. The topological polar surface area (TPSA) is 48.9 Å². The molecule has 0 amide bonds. The summed E-state index contributed by atoms with van der Waals surface area (Å²) in [5, 5.41) is 10.3. The lowest BCUT2D eigenvalue weighted by Gasteiger charge is -2.02. The zero-order valence-corrected chi connectivity index (χ0v) is 9.61. The Morgan fingerprint density at radius 1 is 1.44 bits per heavy atom. The van der Waals surface area contributed by atoms with E-state index in [0.29, 0.717) is 0 Å². The maximum atomic E-state index is 9.15. The molecular weight excluding hydrogens is 200 g/mol. The van der Waals surface area contributed by atoms with E-state index in [4.69, 9.17) is 5.11 Å². The van der Waals surface area contributed by atoms with Gasteiger partial charge in [-0.2, -0.15) is 0 Å². The first-order valence-electron chi connectivity index (χ1n) is 5.85. The van der Waals surface area contributed by atoms with Crippen molar-refractivity contribution in [3.63, 3.8) is 0 Å². The zero-order valence-electron chi connectivity index (χ0n) is 9.61. The second-order valence-corrected chi connectivity index (χ2v) is 4.35. The van der Waals surface area contributed by atoms with Crippen LogP contribution in [0.5, 0.6) is 0 Å². The smallest absolute Gasteiger partial charge is 0.0512 e. The normalized spacial score (nSPS) is 13.1. The van der Waals surface area contributed by atoms with Crippen LogP contribution in [0.15, 0.2) is 24.5 Å². The Kier molecular flexibility index (Phi) is 3.57. The number of nitrogens with zero attached hydrogens (tertiary/aromatic N) is 1. The number of hydrogen-bond acceptors (Lipinski definition) is 2. The number of rotatable bonds is 5. The summed E-state index contributed by atoms with van der Waals surface area (Å²) in [5.41, 5.74) is 2.41. The molecule has 2 N–H and O–H groups in total. The molecule has 2 aromatic rings. The number of pyridine rings is 1. The molecule has 16 heavy (non-hydrogen) atoms. The Bertz CT molecular complexity index is 415. The van der Waals surface area contributed by atoms with Crippen LogP contribution >= 0.6 is 0 Å². The van der Waals surface area contributed by atoms with Crippen LogP contribution in [-0.4, -0.2) is 21.2 Å². The highest BCUT2D eigenvalue weighted by Crippen LogP contribution is 2.15. The van der Waals surface area contributed by atoms with Gasteiger partial charge in [-0.3, -0.25) is 4.98 Å². The minimum Gasteiger partial charge on any atom is -0.393 e. The van der Waals surface area contributed by atoms with Gasteiger partial charge in [0.1, 0.15) is 0 Å². The molecule has 0 bridgehead atoms. The molecule has 2 rings (SSSR count). The fourth-order valence-electron chi connectivity index (χ4n) is 1.92. The molecule has 0 saturated heterocycles. The van der Waals surface area contributed by atoms with Crippen LogP contribution < -0.4 is 0 Å². The summed E-state index contributed by atoms with van der Waals surface area (Å²) in [6.45, 7) is 1.84. The number of hydrogen-bond donors (Lipinski definition) is 2. The zero-order chi connectivity index (χ0) is 11.4. The molecule has 86 valence electrons. The molecule has 1 unspecified atom stereocenters. The number of aromatic nitrogens is 2. The number of fused-ring (bicyclic) bond motifs is 1. The van der Waals surface area contributed by atoms with Crippen LogP contribution in [-0.2, 0) is 6.42 Å². The summed E-state index contributed by atoms with van der Waals surface area (Å²) < 4.78 is 0. The van der Waals surface area contributed by atoms with E-state index in [-0.39, 0.29) is 6.10 Å². The fourth-order valence-corrected chi connectivity index (χ4v) is 1.92. The average molecular weight is 218 g/mol. The number of aliphatic hydroxyl groups is 1. The number of aromatic amines is 1. The van der Waals surface area contributed by atoms with Gasteiger partial charge in [0.05, 0.1) is 6.10 Å². The third-order valence-electron chi connectivity index (χ3n) is 2.79. The van der Waals surface area contributed by atoms with Crippen LogP contribution in [0.3, 0.4) is 0 Å². The molecular formula is C13H18N2O. The summed E-state index contributed by atoms with van der Waals surface area (Å²) in [6.07, 6.45) is 7.63. The van der Waals surface area contributed by atoms with Gasteiger partial charge < -0.3 is 10.1 Å². The van der Waals surface area contributed by atoms with Gasteiger partial charge in [0.15, 0.2) is 0 Å². The lowest BCUT2D eigenvalue weighted by Crippen LogP contribution is -1.98. The maximum Gasteiger partial charge on any atom is 0.0512 e. The Hall–Kier alpha value is -1.35. The molecule has 3 heteroatoms. The molecule has 0 aromatic carbocycles. The molecule has 2 heterocycles. The first kappa shape index (κ1) is 11.1. The molecule has 0 spiro atoms. The van der Waals surface area contributed by atoms with E-state index in [1.807, 2.05) is 19.2 Å². The summed E-state index contributed by atoms with van der Waals surface area (Å²) in [5.74, 6) is 0. The number of aryl methyl sites for hydroxylation is 1. The third-order valence-corrected chi connectivity index (χ3v) is 2.79. The summed E-state index contributed by atoms with van der Waals surface area (Å²) >= 11 is 0. The van der Waals surface area contributed by atoms with E-state index in [1.165, 1.54) is 11.1 Å². The third kappa shape index (κ3) is 2.83. The van der Waals surface area contributed by atoms with Crippen LogP contribution in [0.1, 0.15) is 31.9 Å². The molecule has 0 radical (unpaired) electrons. The van der Waals surface area contributed by atoms with Crippen molar-refractivity contribution in [2.75, 3.05) is 0 Å². The molecule has 0 aliphatic heterocycles. The van der Waals surface area contributed by atoms with E-state index in [2.05, 4.69) is 16.0 Å². The molecule has 3 nitrogen and oxygen atoms in total. The Morgan fingerprint density at radius 2 is 2.31 bits per heavy atom. The van der Waals surface area contributed by atoms with Gasteiger partial charge in [0.2, 0.25) is 0 Å². The Morgan fingerprint density at radius 3 is 3.06 bits per heavy atom. The minimum absolute atomic E-state index is 0.174. The average Bonchev–Trinajstić information content (AvgIpc) is 2.66. The van der Waals surface area contributed by atoms with Gasteiger partial charge in [-0.05, 0) is 38.3 Å². The molecule has 0 fully saturated rings. The van der Waals surface area contributed by atoms with Crippen LogP contribution in [0.2, 0.25) is 0 Å². The Balaban J connectivity index is 1.89. The second kappa shape index (κ2) is 5.12. The van der Waals surface area contributed by atoms with Gasteiger partial charge in [-0.25, -0.2) is 0 Å². The van der Waals surface area contributed by atoms with Crippen LogP contribution in [0.25, 0.3) is 10.9 Å². The van der Waals surface area contributed by atoms with Crippen molar-refractivity contribution in [3.05, 3.63) is 30.2 Å². The first-order chi connectivity index (χ1) is 7.75. The number of aliphatic hydroxyl groups excluding tert-OH is 1. The molecule has 0 aliphatic carbocycles. The van der Waals surface area contributed by atoms with E-state index >= 15 is 0 Å². The van der Waals surface area contributed by atoms with Crippen LogP contribution in [0, 0.1) is 0 Å². The summed E-state index contributed by atoms with van der Waals surface area (Å²) in [4.78, 5) is 7.47. The van der Waals surface area contributed by atoms with Crippen molar-refractivity contribution < 1.29 is 5.11 Å². The highest BCUT2D eigenvalue weighted by atomic mass is 16.3. The van der Waals surface area contributed by atoms with Crippen molar-refractivity contribution >= 4 is 10.9 Å². The molecule has 1 atom stereocenters. The van der Waals surface area contributed by atoms with Crippen molar-refractivity contribution in [1.29, 1.82) is 0 Å². The van der Waals surface area contributed by atoms with Gasteiger partial charge in [-0.1, -0.05) is 6.42 Å². The fraction of sp³-hybridized carbons (Fsp3) is 0.462. The monoisotopic (exact) mass is 218 g/mol. The molecule has 2 aromatic heterocycles.